The Labute approximate surface area is 358 Å². The first-order valence-electron chi connectivity index (χ1n) is 22.7. The topological polar surface area (TPSA) is 43.6 Å². The number of nitrogens with zero attached hydrogens (tertiary/aromatic N) is 4. The zero-order valence-electron chi connectivity index (χ0n) is 37.9. The summed E-state index contributed by atoms with van der Waals surface area (Å²) in [6.45, 7) is 0. The van der Waals surface area contributed by atoms with Gasteiger partial charge in [0.05, 0.1) is 24.9 Å². The van der Waals surface area contributed by atoms with E-state index in [9.17, 15) is 4.11 Å². The lowest BCUT2D eigenvalue weighted by Gasteiger charge is -2.19. The van der Waals surface area contributed by atoms with E-state index in [0.29, 0.717) is 49.3 Å². The monoisotopic (exact) mass is 788 g/mol. The molecule has 0 fully saturated rings. The lowest BCUT2D eigenvalue weighted by atomic mass is 9.97. The van der Waals surface area contributed by atoms with Crippen LogP contribution in [0.3, 0.4) is 0 Å². The summed E-state index contributed by atoms with van der Waals surface area (Å²) in [4.78, 5) is 15.6. The van der Waals surface area contributed by atoms with Crippen molar-refractivity contribution in [2.45, 2.75) is 0 Å². The summed E-state index contributed by atoms with van der Waals surface area (Å²) in [5.74, 6) is 1.34. The van der Waals surface area contributed by atoms with E-state index in [1.54, 1.807) is 0 Å². The number of rotatable bonds is 6. The molecule has 280 valence electrons. The molecule has 60 heavy (non-hydrogen) atoms. The van der Waals surface area contributed by atoms with Gasteiger partial charge in [0.15, 0.2) is 17.5 Å². The SMILES string of the molecule is [2H]c1cc([2H])c2sc3c(-c4cccc(-c5nc(-c6ccccc6)nc(-c6ccc(-c7cccc8ccccc78)cc6)n5)c4-n4c5ccccc5c5ccccc54)c([2H])c([2H])c([2H])c3c2c1[2H]. The van der Waals surface area contributed by atoms with Gasteiger partial charge < -0.3 is 4.57 Å². The number of fused-ring (bicyclic) bond motifs is 7. The standard InChI is InChI=1S/C55H34N4S/c1-2-16-37(17-3-1)53-56-54(38-33-31-36(32-34-38)40-23-12-18-35-15-4-5-19-39(35)40)58-55(57-53)47-27-13-24-44(46-26-14-25-45-43-22-8-11-30-50(43)60-52(45)46)51(47)59-48-28-9-6-20-41(48)42-21-7-10-29-49(42)59/h1-34H/i8D,14D,22D,25D,26D,30D. The van der Waals surface area contributed by atoms with Gasteiger partial charge in [-0.1, -0.05) is 182 Å². The minimum atomic E-state index is -0.308. The first-order chi connectivity index (χ1) is 32.2. The summed E-state index contributed by atoms with van der Waals surface area (Å²) in [6.07, 6.45) is 0. The van der Waals surface area contributed by atoms with Crippen LogP contribution < -0.4 is 0 Å². The molecule has 0 atom stereocenters. The van der Waals surface area contributed by atoms with Crippen molar-refractivity contribution in [3.8, 4) is 62.1 Å². The predicted molar refractivity (Wildman–Crippen MR) is 252 cm³/mol. The molecule has 0 aliphatic heterocycles. The Morgan fingerprint density at radius 2 is 0.967 bits per heavy atom. The number of para-hydroxylation sites is 3. The maximum atomic E-state index is 9.64. The maximum absolute atomic E-state index is 9.64. The van der Waals surface area contributed by atoms with E-state index in [1.165, 1.54) is 28.2 Å². The second-order valence-electron chi connectivity index (χ2n) is 14.7. The first-order valence-corrected chi connectivity index (χ1v) is 20.5. The minimum absolute atomic E-state index is 0.0586. The van der Waals surface area contributed by atoms with Crippen molar-refractivity contribution in [2.75, 3.05) is 0 Å². The van der Waals surface area contributed by atoms with E-state index < -0.39 is 0 Å². The van der Waals surface area contributed by atoms with Crippen LogP contribution >= 0.6 is 11.3 Å². The maximum Gasteiger partial charge on any atom is 0.166 e. The van der Waals surface area contributed by atoms with Gasteiger partial charge in [-0.3, -0.25) is 0 Å². The summed E-state index contributed by atoms with van der Waals surface area (Å²) in [7, 11) is 0. The van der Waals surface area contributed by atoms with Crippen molar-refractivity contribution in [3.05, 3.63) is 206 Å². The van der Waals surface area contributed by atoms with Crippen molar-refractivity contribution < 1.29 is 8.22 Å². The van der Waals surface area contributed by atoms with Gasteiger partial charge in [-0.25, -0.2) is 15.0 Å². The third kappa shape index (κ3) is 5.55. The molecule has 0 N–H and O–H groups in total. The molecular formula is C55H34N4S. The van der Waals surface area contributed by atoms with Crippen LogP contribution in [0.1, 0.15) is 8.22 Å². The lowest BCUT2D eigenvalue weighted by Crippen LogP contribution is -2.05. The van der Waals surface area contributed by atoms with E-state index in [0.717, 1.165) is 44.1 Å². The van der Waals surface area contributed by atoms with Crippen LogP contribution in [-0.4, -0.2) is 19.5 Å². The zero-order valence-corrected chi connectivity index (χ0v) is 32.7. The summed E-state index contributed by atoms with van der Waals surface area (Å²) >= 11 is 1.22. The highest BCUT2D eigenvalue weighted by Crippen LogP contribution is 2.46. The fourth-order valence-corrected chi connectivity index (χ4v) is 9.60. The molecule has 12 aromatic rings. The van der Waals surface area contributed by atoms with Gasteiger partial charge in [0.2, 0.25) is 0 Å². The smallest absolute Gasteiger partial charge is 0.166 e. The molecule has 0 bridgehead atoms. The molecule has 3 aromatic heterocycles. The van der Waals surface area contributed by atoms with Crippen molar-refractivity contribution in [1.29, 1.82) is 0 Å². The Balaban J connectivity index is 1.17. The highest BCUT2D eigenvalue weighted by atomic mass is 32.1. The number of aromatic nitrogens is 4. The zero-order chi connectivity index (χ0) is 44.8. The molecule has 4 nitrogen and oxygen atoms in total. The summed E-state index contributed by atoms with van der Waals surface area (Å²) in [5.41, 5.74) is 7.86. The molecule has 0 saturated heterocycles. The number of hydrogen-bond acceptors (Lipinski definition) is 4. The van der Waals surface area contributed by atoms with Crippen LogP contribution in [0, 0.1) is 0 Å². The second-order valence-corrected chi connectivity index (χ2v) is 15.7. The van der Waals surface area contributed by atoms with Gasteiger partial charge in [0.25, 0.3) is 0 Å². The molecular weight excluding hydrogens is 749 g/mol. The fourth-order valence-electron chi connectivity index (χ4n) is 8.51. The Kier molecular flexibility index (Phi) is 6.67. The van der Waals surface area contributed by atoms with Crippen LogP contribution in [0.5, 0.6) is 0 Å². The average molecular weight is 789 g/mol. The van der Waals surface area contributed by atoms with Crippen molar-refractivity contribution >= 4 is 64.1 Å². The Morgan fingerprint density at radius 3 is 1.75 bits per heavy atom. The second kappa shape index (κ2) is 14.0. The quantitative estimate of drug-likeness (QED) is 0.169. The molecule has 0 aliphatic carbocycles. The van der Waals surface area contributed by atoms with Crippen LogP contribution in [0.4, 0.5) is 0 Å². The molecule has 5 heteroatoms. The van der Waals surface area contributed by atoms with E-state index >= 15 is 0 Å². The van der Waals surface area contributed by atoms with E-state index in [-0.39, 0.29) is 47.0 Å². The highest BCUT2D eigenvalue weighted by molar-refractivity contribution is 7.26. The summed E-state index contributed by atoms with van der Waals surface area (Å²) in [6, 6.07) is 55.4. The van der Waals surface area contributed by atoms with Crippen LogP contribution in [0.2, 0.25) is 0 Å². The highest BCUT2D eigenvalue weighted by Gasteiger charge is 2.24. The molecule has 0 aliphatic rings. The molecule has 0 radical (unpaired) electrons. The average Bonchev–Trinajstić information content (AvgIpc) is 3.92. The largest absolute Gasteiger partial charge is 0.308 e. The lowest BCUT2D eigenvalue weighted by molar-refractivity contribution is 1.06. The van der Waals surface area contributed by atoms with Crippen LogP contribution in [0.25, 0.3) is 115 Å². The Bertz CT molecular complexity index is 3900. The minimum Gasteiger partial charge on any atom is -0.308 e. The molecule has 0 unspecified atom stereocenters. The number of hydrogen-bond donors (Lipinski definition) is 0. The number of thiophene rings is 1. The molecule has 12 rings (SSSR count). The van der Waals surface area contributed by atoms with Crippen LogP contribution in [-0.2, 0) is 0 Å². The van der Waals surface area contributed by atoms with Gasteiger partial charge in [-0.05, 0) is 46.1 Å². The van der Waals surface area contributed by atoms with Crippen molar-refractivity contribution in [1.82, 2.24) is 19.5 Å². The molecule has 9 aromatic carbocycles. The molecule has 0 saturated carbocycles. The van der Waals surface area contributed by atoms with Crippen LogP contribution in [0.15, 0.2) is 206 Å². The summed E-state index contributed by atoms with van der Waals surface area (Å²) < 4.78 is 57.5. The number of benzene rings is 9. The van der Waals surface area contributed by atoms with E-state index in [2.05, 4.69) is 77.4 Å². The van der Waals surface area contributed by atoms with Gasteiger partial charge >= 0.3 is 0 Å². The van der Waals surface area contributed by atoms with Crippen molar-refractivity contribution in [2.24, 2.45) is 0 Å². The molecule has 3 heterocycles. The first kappa shape index (κ1) is 28.6. The third-order valence-electron chi connectivity index (χ3n) is 11.2. The Hall–Kier alpha value is -7.73. The van der Waals surface area contributed by atoms with Gasteiger partial charge in [-0.15, -0.1) is 11.3 Å². The summed E-state index contributed by atoms with van der Waals surface area (Å²) in [5, 5.41) is 4.94. The van der Waals surface area contributed by atoms with E-state index in [1.807, 2.05) is 91.0 Å². The van der Waals surface area contributed by atoms with Gasteiger partial charge in [-0.2, -0.15) is 0 Å². The van der Waals surface area contributed by atoms with Crippen molar-refractivity contribution in [3.63, 3.8) is 0 Å². The van der Waals surface area contributed by atoms with E-state index in [4.69, 9.17) is 19.1 Å². The molecule has 0 amide bonds. The van der Waals surface area contributed by atoms with Gasteiger partial charge in [0, 0.05) is 58.8 Å². The molecule has 0 spiro atoms. The Morgan fingerprint density at radius 1 is 0.383 bits per heavy atom. The normalized spacial score (nSPS) is 13.1. The third-order valence-corrected chi connectivity index (χ3v) is 12.4. The van der Waals surface area contributed by atoms with Gasteiger partial charge in [0.1, 0.15) is 0 Å². The fraction of sp³-hybridized carbons (Fsp3) is 0. The predicted octanol–water partition coefficient (Wildman–Crippen LogP) is 14.8.